The van der Waals surface area contributed by atoms with Gasteiger partial charge in [-0.1, -0.05) is 48.1 Å². The molecule has 17 heavy (non-hydrogen) atoms. The van der Waals surface area contributed by atoms with Crippen molar-refractivity contribution in [2.75, 3.05) is 0 Å². The molecule has 0 aromatic carbocycles. The highest BCUT2D eigenvalue weighted by Crippen LogP contribution is 2.25. The first kappa shape index (κ1) is 16.1. The molecule has 0 aliphatic rings. The Morgan fingerprint density at radius 2 is 1.65 bits per heavy atom. The van der Waals surface area contributed by atoms with Crippen LogP contribution in [0.1, 0.15) is 61.3 Å². The van der Waals surface area contributed by atoms with Crippen LogP contribution in [-0.2, 0) is 0 Å². The van der Waals surface area contributed by atoms with E-state index < -0.39 is 0 Å². The molecule has 0 rings (SSSR count). The fourth-order valence-electron chi connectivity index (χ4n) is 0.960. The monoisotopic (exact) mass is 236 g/mol. The number of rotatable bonds is 4. The first-order valence-corrected chi connectivity index (χ1v) is 6.28. The molecule has 0 aliphatic heterocycles. The Morgan fingerprint density at radius 1 is 1.12 bits per heavy atom. The largest absolute Gasteiger partial charge is 0.159 e. The molecule has 0 aliphatic carbocycles. The summed E-state index contributed by atoms with van der Waals surface area (Å²) in [5.74, 6) is 0. The Balaban J connectivity index is 4.23. The van der Waals surface area contributed by atoms with Gasteiger partial charge in [-0.05, 0) is 36.2 Å². The van der Waals surface area contributed by atoms with Gasteiger partial charge in [-0.25, -0.2) is 0 Å². The van der Waals surface area contributed by atoms with E-state index in [9.17, 15) is 0 Å². The minimum absolute atomic E-state index is 0.158. The van der Waals surface area contributed by atoms with E-state index in [2.05, 4.69) is 65.3 Å². The molecule has 0 amide bonds. The average Bonchev–Trinajstić information content (AvgIpc) is 2.12. The topological polar surface area (TPSA) is 24.7 Å². The maximum atomic E-state index is 4.13. The molecule has 0 saturated heterocycles. The summed E-state index contributed by atoms with van der Waals surface area (Å²) in [6.45, 7) is 19.2. The van der Waals surface area contributed by atoms with Gasteiger partial charge in [-0.15, -0.1) is 0 Å². The summed E-state index contributed by atoms with van der Waals surface area (Å²) >= 11 is 0. The molecular weight excluding hydrogens is 208 g/mol. The second kappa shape index (κ2) is 6.13. The summed E-state index contributed by atoms with van der Waals surface area (Å²) in [7, 11) is 0. The highest BCUT2D eigenvalue weighted by molar-refractivity contribution is 5.06. The van der Waals surface area contributed by atoms with E-state index in [0.717, 1.165) is 18.5 Å². The molecule has 0 aromatic rings. The van der Waals surface area contributed by atoms with Crippen LogP contribution in [0.15, 0.2) is 34.3 Å². The van der Waals surface area contributed by atoms with Crippen molar-refractivity contribution >= 4 is 0 Å². The fraction of sp³-hybridized carbons (Fsp3) is 0.733. The fourth-order valence-corrected chi connectivity index (χ4v) is 0.960. The van der Waals surface area contributed by atoms with Gasteiger partial charge in [0.05, 0.1) is 5.70 Å². The predicted octanol–water partition coefficient (Wildman–Crippen LogP) is 5.73. The lowest BCUT2D eigenvalue weighted by atomic mass is 9.88. The van der Waals surface area contributed by atoms with E-state index >= 15 is 0 Å². The molecular formula is C15H28N2. The number of allylic oxidation sites excluding steroid dienone is 2. The van der Waals surface area contributed by atoms with Gasteiger partial charge in [-0.2, -0.15) is 10.2 Å². The minimum Gasteiger partial charge on any atom is -0.159 e. The van der Waals surface area contributed by atoms with E-state index in [1.54, 1.807) is 0 Å². The van der Waals surface area contributed by atoms with Crippen molar-refractivity contribution in [2.45, 2.75) is 61.3 Å². The van der Waals surface area contributed by atoms with E-state index in [-0.39, 0.29) is 5.41 Å². The maximum Gasteiger partial charge on any atom is 0.0559 e. The zero-order valence-electron chi connectivity index (χ0n) is 12.6. The third kappa shape index (κ3) is 8.84. The zero-order valence-corrected chi connectivity index (χ0v) is 12.6. The quantitative estimate of drug-likeness (QED) is 0.557. The van der Waals surface area contributed by atoms with Crippen LogP contribution >= 0.6 is 0 Å². The Labute approximate surface area is 107 Å². The molecule has 98 valence electrons. The second-order valence-corrected chi connectivity index (χ2v) is 6.90. The van der Waals surface area contributed by atoms with Crippen LogP contribution in [0.2, 0.25) is 0 Å². The van der Waals surface area contributed by atoms with Gasteiger partial charge in [0, 0.05) is 6.20 Å². The van der Waals surface area contributed by atoms with Crippen LogP contribution in [0.3, 0.4) is 0 Å². The molecule has 0 heterocycles. The Hall–Kier alpha value is -0.920. The van der Waals surface area contributed by atoms with E-state index in [1.807, 2.05) is 6.20 Å². The number of azo groups is 1. The van der Waals surface area contributed by atoms with Crippen molar-refractivity contribution in [3.05, 3.63) is 24.0 Å². The summed E-state index contributed by atoms with van der Waals surface area (Å²) in [6, 6.07) is 0. The maximum absolute atomic E-state index is 4.13. The van der Waals surface area contributed by atoms with Crippen molar-refractivity contribution in [1.82, 2.24) is 0 Å². The number of hydrogen-bond acceptors (Lipinski definition) is 2. The number of nitrogens with zero attached hydrogens (tertiary/aromatic N) is 2. The third-order valence-corrected chi connectivity index (χ3v) is 2.80. The van der Waals surface area contributed by atoms with Gasteiger partial charge in [0.2, 0.25) is 0 Å². The second-order valence-electron chi connectivity index (χ2n) is 6.90. The first-order valence-electron chi connectivity index (χ1n) is 6.28. The molecule has 0 fully saturated rings. The molecule has 2 nitrogen and oxygen atoms in total. The summed E-state index contributed by atoms with van der Waals surface area (Å²) in [5, 5.41) is 8.24. The average molecular weight is 236 g/mol. The van der Waals surface area contributed by atoms with Crippen LogP contribution in [0.4, 0.5) is 0 Å². The summed E-state index contributed by atoms with van der Waals surface area (Å²) in [5.41, 5.74) is 2.57. The lowest BCUT2D eigenvalue weighted by Gasteiger charge is -2.18. The summed E-state index contributed by atoms with van der Waals surface area (Å²) < 4.78 is 0. The molecule has 0 atom stereocenters. The molecule has 0 unspecified atom stereocenters. The van der Waals surface area contributed by atoms with E-state index in [0.29, 0.717) is 5.41 Å². The highest BCUT2D eigenvalue weighted by atomic mass is 15.1. The van der Waals surface area contributed by atoms with Crippen molar-refractivity contribution in [2.24, 2.45) is 21.1 Å². The van der Waals surface area contributed by atoms with Crippen molar-refractivity contribution in [1.29, 1.82) is 0 Å². The molecule has 0 N–H and O–H groups in total. The van der Waals surface area contributed by atoms with E-state index in [4.69, 9.17) is 0 Å². The molecule has 0 saturated carbocycles. The molecule has 0 bridgehead atoms. The lowest BCUT2D eigenvalue weighted by Crippen LogP contribution is -2.05. The smallest absolute Gasteiger partial charge is 0.0559 e. The predicted molar refractivity (Wildman–Crippen MR) is 75.9 cm³/mol. The standard InChI is InChI=1S/C15H28N2/c1-12(15(6,7)8)11-16-17-13(2)9-10-14(3,4)5/h11H,2,9-10H2,1,3-8H3/b12-11+,17-16?. The van der Waals surface area contributed by atoms with Crippen molar-refractivity contribution in [3.8, 4) is 0 Å². The van der Waals surface area contributed by atoms with Gasteiger partial charge in [0.15, 0.2) is 0 Å². The Morgan fingerprint density at radius 3 is 2.06 bits per heavy atom. The van der Waals surface area contributed by atoms with Gasteiger partial charge in [0.1, 0.15) is 0 Å². The van der Waals surface area contributed by atoms with Crippen molar-refractivity contribution < 1.29 is 0 Å². The first-order chi connectivity index (χ1) is 7.52. The Bertz CT molecular complexity index is 309. The van der Waals surface area contributed by atoms with Gasteiger partial charge in [-0.3, -0.25) is 0 Å². The Kier molecular flexibility index (Phi) is 5.80. The summed E-state index contributed by atoms with van der Waals surface area (Å²) in [4.78, 5) is 0. The van der Waals surface area contributed by atoms with Gasteiger partial charge in [0.25, 0.3) is 0 Å². The highest BCUT2D eigenvalue weighted by Gasteiger charge is 2.12. The lowest BCUT2D eigenvalue weighted by molar-refractivity contribution is 0.377. The molecule has 2 heteroatoms. The van der Waals surface area contributed by atoms with Crippen LogP contribution in [-0.4, -0.2) is 0 Å². The summed E-state index contributed by atoms with van der Waals surface area (Å²) in [6.07, 6.45) is 3.84. The van der Waals surface area contributed by atoms with Crippen LogP contribution < -0.4 is 0 Å². The molecule has 0 spiro atoms. The number of hydrogen-bond donors (Lipinski definition) is 0. The third-order valence-electron chi connectivity index (χ3n) is 2.80. The normalized spacial score (nSPS) is 14.4. The van der Waals surface area contributed by atoms with Gasteiger partial charge >= 0.3 is 0 Å². The van der Waals surface area contributed by atoms with Crippen LogP contribution in [0.25, 0.3) is 0 Å². The minimum atomic E-state index is 0.158. The van der Waals surface area contributed by atoms with Crippen LogP contribution in [0.5, 0.6) is 0 Å². The van der Waals surface area contributed by atoms with E-state index in [1.165, 1.54) is 5.57 Å². The zero-order chi connectivity index (χ0) is 13.7. The SMILES string of the molecule is C=C(CCC(C)(C)C)N=N/C=C(\C)C(C)(C)C. The van der Waals surface area contributed by atoms with Crippen molar-refractivity contribution in [3.63, 3.8) is 0 Å². The van der Waals surface area contributed by atoms with Gasteiger partial charge < -0.3 is 0 Å². The van der Waals surface area contributed by atoms with Crippen LogP contribution in [0, 0.1) is 10.8 Å². The molecule has 0 radical (unpaired) electrons. The molecule has 0 aromatic heterocycles.